The molecule has 0 saturated carbocycles. The van der Waals surface area contributed by atoms with E-state index in [2.05, 4.69) is 20.9 Å². The number of methoxy groups -OCH3 is 1. The zero-order valence-electron chi connectivity index (χ0n) is 17.4. The minimum Gasteiger partial charge on any atom is -0.495 e. The van der Waals surface area contributed by atoms with Gasteiger partial charge in [0.2, 0.25) is 0 Å². The number of hydrogen-bond acceptors (Lipinski definition) is 3. The number of para-hydroxylation sites is 2. The van der Waals surface area contributed by atoms with Crippen molar-refractivity contribution in [1.82, 2.24) is 14.9 Å². The number of nitrogens with zero attached hydrogens (tertiary/aromatic N) is 3. The van der Waals surface area contributed by atoms with Crippen LogP contribution in [0.25, 0.3) is 5.69 Å². The lowest BCUT2D eigenvalue weighted by atomic mass is 10.0. The molecular formula is C25H21FN4OS. The van der Waals surface area contributed by atoms with Gasteiger partial charge >= 0.3 is 0 Å². The van der Waals surface area contributed by atoms with Crippen LogP contribution >= 0.6 is 12.2 Å². The standard InChI is InChI=1S/C25H21FN4OS/c1-31-22-10-3-2-8-20(22)29-16-6-9-21(29)24-23(19-7-4-5-15-27-19)28-25(32)30(24)18-13-11-17(26)12-14-18/h2-16,23-24H,1H3,(H,28,32)/t23-,24-/m0/s1. The molecule has 1 N–H and O–H groups in total. The summed E-state index contributed by atoms with van der Waals surface area (Å²) < 4.78 is 21.4. The quantitative estimate of drug-likeness (QED) is 0.429. The van der Waals surface area contributed by atoms with Crippen LogP contribution in [0.15, 0.2) is 91.3 Å². The SMILES string of the molecule is COc1ccccc1-n1cccc1[C@H]1[C@H](c2ccccn2)NC(=S)N1c1ccc(F)cc1. The number of benzene rings is 2. The first-order valence-corrected chi connectivity index (χ1v) is 10.6. The van der Waals surface area contributed by atoms with E-state index in [0.29, 0.717) is 5.11 Å². The Hall–Kier alpha value is -3.71. The summed E-state index contributed by atoms with van der Waals surface area (Å²) >= 11 is 5.75. The van der Waals surface area contributed by atoms with Gasteiger partial charge in [-0.05, 0) is 72.9 Å². The molecule has 1 fully saturated rings. The molecule has 0 unspecified atom stereocenters. The summed E-state index contributed by atoms with van der Waals surface area (Å²) in [5.74, 6) is 0.475. The maximum atomic E-state index is 13.7. The Morgan fingerprint density at radius 1 is 0.969 bits per heavy atom. The van der Waals surface area contributed by atoms with Gasteiger partial charge < -0.3 is 19.5 Å². The highest BCUT2D eigenvalue weighted by Crippen LogP contribution is 2.42. The van der Waals surface area contributed by atoms with Gasteiger partial charge in [0.05, 0.1) is 24.5 Å². The van der Waals surface area contributed by atoms with Gasteiger partial charge in [-0.1, -0.05) is 18.2 Å². The molecule has 2 atom stereocenters. The van der Waals surface area contributed by atoms with Crippen molar-refractivity contribution in [3.8, 4) is 11.4 Å². The van der Waals surface area contributed by atoms with Gasteiger partial charge in [-0.25, -0.2) is 4.39 Å². The molecule has 160 valence electrons. The van der Waals surface area contributed by atoms with Crippen molar-refractivity contribution in [2.75, 3.05) is 12.0 Å². The van der Waals surface area contributed by atoms with E-state index in [4.69, 9.17) is 17.0 Å². The number of halogens is 1. The Balaban J connectivity index is 1.68. The average molecular weight is 445 g/mol. The summed E-state index contributed by atoms with van der Waals surface area (Å²) in [7, 11) is 1.66. The van der Waals surface area contributed by atoms with E-state index in [1.54, 1.807) is 25.4 Å². The summed E-state index contributed by atoms with van der Waals surface area (Å²) in [6, 6.07) is 23.7. The Morgan fingerprint density at radius 3 is 2.50 bits per heavy atom. The molecule has 2 aromatic heterocycles. The first kappa shape index (κ1) is 20.2. The zero-order chi connectivity index (χ0) is 22.1. The molecule has 7 heteroatoms. The molecule has 0 amide bonds. The van der Waals surface area contributed by atoms with Crippen molar-refractivity contribution < 1.29 is 9.13 Å². The van der Waals surface area contributed by atoms with E-state index in [1.807, 2.05) is 59.6 Å². The van der Waals surface area contributed by atoms with Crippen LogP contribution in [0, 0.1) is 5.82 Å². The maximum Gasteiger partial charge on any atom is 0.174 e. The fourth-order valence-electron chi connectivity index (χ4n) is 4.22. The van der Waals surface area contributed by atoms with E-state index < -0.39 is 0 Å². The van der Waals surface area contributed by atoms with Crippen LogP contribution in [0.5, 0.6) is 5.75 Å². The third-order valence-electron chi connectivity index (χ3n) is 5.63. The number of thiocarbonyl (C=S) groups is 1. The highest BCUT2D eigenvalue weighted by molar-refractivity contribution is 7.80. The molecule has 0 spiro atoms. The van der Waals surface area contributed by atoms with Gasteiger partial charge in [0.25, 0.3) is 0 Å². The largest absolute Gasteiger partial charge is 0.495 e. The van der Waals surface area contributed by atoms with Gasteiger partial charge in [0, 0.05) is 23.8 Å². The molecule has 2 aromatic carbocycles. The molecule has 0 radical (unpaired) electrons. The summed E-state index contributed by atoms with van der Waals surface area (Å²) in [5, 5.41) is 4.00. The predicted molar refractivity (Wildman–Crippen MR) is 127 cm³/mol. The Kier molecular flexibility index (Phi) is 5.33. The molecule has 3 heterocycles. The number of ether oxygens (including phenoxy) is 1. The molecule has 0 bridgehead atoms. The van der Waals surface area contributed by atoms with Crippen molar-refractivity contribution in [1.29, 1.82) is 0 Å². The zero-order valence-corrected chi connectivity index (χ0v) is 18.2. The summed E-state index contributed by atoms with van der Waals surface area (Å²) in [4.78, 5) is 6.61. The topological polar surface area (TPSA) is 42.3 Å². The molecular weight excluding hydrogens is 423 g/mol. The van der Waals surface area contributed by atoms with Crippen molar-refractivity contribution in [3.63, 3.8) is 0 Å². The number of aromatic nitrogens is 2. The van der Waals surface area contributed by atoms with Gasteiger partial charge in [-0.3, -0.25) is 4.98 Å². The smallest absolute Gasteiger partial charge is 0.174 e. The van der Waals surface area contributed by atoms with E-state index in [9.17, 15) is 4.39 Å². The van der Waals surface area contributed by atoms with E-state index in [0.717, 1.165) is 28.5 Å². The lowest BCUT2D eigenvalue weighted by Gasteiger charge is -2.29. The first-order chi connectivity index (χ1) is 15.7. The second-order valence-corrected chi connectivity index (χ2v) is 7.83. The summed E-state index contributed by atoms with van der Waals surface area (Å²) in [6.45, 7) is 0. The van der Waals surface area contributed by atoms with Crippen molar-refractivity contribution in [3.05, 3.63) is 108 Å². The molecule has 4 aromatic rings. The van der Waals surface area contributed by atoms with Gasteiger partial charge in [-0.2, -0.15) is 0 Å². The van der Waals surface area contributed by atoms with Crippen molar-refractivity contribution in [2.45, 2.75) is 12.1 Å². The summed E-state index contributed by atoms with van der Waals surface area (Å²) in [6.07, 6.45) is 3.78. The minimum absolute atomic E-state index is 0.197. The molecule has 32 heavy (non-hydrogen) atoms. The normalized spacial score (nSPS) is 17.9. The fourth-order valence-corrected chi connectivity index (χ4v) is 4.56. The summed E-state index contributed by atoms with van der Waals surface area (Å²) in [5.41, 5.74) is 3.60. The molecule has 1 aliphatic rings. The molecule has 5 nitrogen and oxygen atoms in total. The Bertz CT molecular complexity index is 1240. The molecule has 5 rings (SSSR count). The number of nitrogens with one attached hydrogen (secondary N) is 1. The number of hydrogen-bond donors (Lipinski definition) is 1. The first-order valence-electron chi connectivity index (χ1n) is 10.2. The van der Waals surface area contributed by atoms with E-state index >= 15 is 0 Å². The minimum atomic E-state index is -0.290. The van der Waals surface area contributed by atoms with E-state index in [1.165, 1.54) is 12.1 Å². The highest BCUT2D eigenvalue weighted by Gasteiger charge is 2.42. The Labute approximate surface area is 191 Å². The van der Waals surface area contributed by atoms with Gasteiger partial charge in [-0.15, -0.1) is 0 Å². The lowest BCUT2D eigenvalue weighted by Crippen LogP contribution is -2.30. The third-order valence-corrected chi connectivity index (χ3v) is 5.95. The molecule has 1 saturated heterocycles. The van der Waals surface area contributed by atoms with E-state index in [-0.39, 0.29) is 17.9 Å². The maximum absolute atomic E-state index is 13.7. The lowest BCUT2D eigenvalue weighted by molar-refractivity contribution is 0.412. The number of pyridine rings is 1. The number of anilines is 1. The Morgan fingerprint density at radius 2 is 1.75 bits per heavy atom. The fraction of sp³-hybridized carbons (Fsp3) is 0.120. The van der Waals surface area contributed by atoms with Gasteiger partial charge in [0.1, 0.15) is 17.6 Å². The predicted octanol–water partition coefficient (Wildman–Crippen LogP) is 5.20. The second kappa shape index (κ2) is 8.43. The molecule has 1 aliphatic heterocycles. The van der Waals surface area contributed by atoms with Crippen LogP contribution in [-0.4, -0.2) is 21.8 Å². The van der Waals surface area contributed by atoms with Crippen LogP contribution in [0.3, 0.4) is 0 Å². The highest BCUT2D eigenvalue weighted by atomic mass is 32.1. The van der Waals surface area contributed by atoms with Crippen LogP contribution in [0.4, 0.5) is 10.1 Å². The van der Waals surface area contributed by atoms with Crippen LogP contribution in [0.2, 0.25) is 0 Å². The monoisotopic (exact) mass is 444 g/mol. The van der Waals surface area contributed by atoms with Crippen LogP contribution < -0.4 is 15.0 Å². The van der Waals surface area contributed by atoms with Crippen LogP contribution in [0.1, 0.15) is 23.5 Å². The van der Waals surface area contributed by atoms with Gasteiger partial charge in [0.15, 0.2) is 5.11 Å². The van der Waals surface area contributed by atoms with Crippen LogP contribution in [-0.2, 0) is 0 Å². The third kappa shape index (κ3) is 3.50. The van der Waals surface area contributed by atoms with Crippen molar-refractivity contribution >= 4 is 23.0 Å². The van der Waals surface area contributed by atoms with Crippen molar-refractivity contribution in [2.24, 2.45) is 0 Å². The average Bonchev–Trinajstić information content (AvgIpc) is 3.44. The number of rotatable bonds is 5. The second-order valence-electron chi connectivity index (χ2n) is 7.45. The molecule has 0 aliphatic carbocycles.